The Morgan fingerprint density at radius 1 is 1.30 bits per heavy atom. The van der Waals surface area contributed by atoms with Crippen molar-refractivity contribution in [2.24, 2.45) is 10.7 Å². The van der Waals surface area contributed by atoms with Crippen molar-refractivity contribution in [2.75, 3.05) is 12.4 Å². The monoisotopic (exact) mass is 475 g/mol. The standard InChI is InChI=1S/C19H20ClN5O2.C3H8O.C2H6/c1-3-11-4-6-13(23-18(27)15-7-5-12(20)10-22-15)8-14(11)16-9-17(26)25(2)19(21)24-16;1-3(2)4;1-2/h4-8,10,16H,3,9H2,1-2H3,(H2,21,24)(H,23,27);3-4H,1-2H3;1-2H3. The number of carbonyl (C=O) groups is 2. The average molecular weight is 476 g/mol. The summed E-state index contributed by atoms with van der Waals surface area (Å²) < 4.78 is 0. The number of hydrogen-bond donors (Lipinski definition) is 3. The Morgan fingerprint density at radius 3 is 2.45 bits per heavy atom. The summed E-state index contributed by atoms with van der Waals surface area (Å²) in [5.41, 5.74) is 8.65. The van der Waals surface area contributed by atoms with Crippen molar-refractivity contribution in [3.8, 4) is 0 Å². The highest BCUT2D eigenvalue weighted by atomic mass is 35.5. The number of anilines is 1. The second-order valence-corrected chi connectivity index (χ2v) is 7.77. The summed E-state index contributed by atoms with van der Waals surface area (Å²) in [6.45, 7) is 9.47. The summed E-state index contributed by atoms with van der Waals surface area (Å²) >= 11 is 5.80. The lowest BCUT2D eigenvalue weighted by Gasteiger charge is -2.27. The number of benzene rings is 1. The van der Waals surface area contributed by atoms with Gasteiger partial charge >= 0.3 is 0 Å². The second kappa shape index (κ2) is 13.5. The molecule has 0 bridgehead atoms. The predicted octanol–water partition coefficient (Wildman–Crippen LogP) is 4.18. The van der Waals surface area contributed by atoms with Gasteiger partial charge in [0.25, 0.3) is 5.91 Å². The van der Waals surface area contributed by atoms with Gasteiger partial charge in [-0.1, -0.05) is 38.4 Å². The normalized spacial score (nSPS) is 15.1. The highest BCUT2D eigenvalue weighted by Crippen LogP contribution is 2.31. The van der Waals surface area contributed by atoms with Gasteiger partial charge in [-0.2, -0.15) is 0 Å². The van der Waals surface area contributed by atoms with E-state index in [4.69, 9.17) is 22.4 Å². The lowest BCUT2D eigenvalue weighted by atomic mass is 9.95. The Hall–Kier alpha value is -2.97. The molecule has 0 aliphatic carbocycles. The molecular weight excluding hydrogens is 442 g/mol. The van der Waals surface area contributed by atoms with Gasteiger partial charge in [0.1, 0.15) is 5.69 Å². The molecule has 1 aromatic heterocycles. The van der Waals surface area contributed by atoms with Crippen LogP contribution in [0.5, 0.6) is 0 Å². The van der Waals surface area contributed by atoms with Gasteiger partial charge in [-0.3, -0.25) is 14.5 Å². The van der Waals surface area contributed by atoms with E-state index >= 15 is 0 Å². The number of nitrogens with one attached hydrogen (secondary N) is 1. The van der Waals surface area contributed by atoms with Crippen molar-refractivity contribution in [1.29, 1.82) is 0 Å². The molecule has 9 heteroatoms. The third kappa shape index (κ3) is 8.47. The third-order valence-corrected chi connectivity index (χ3v) is 4.70. The first kappa shape index (κ1) is 28.1. The number of amides is 2. The first-order valence-corrected chi connectivity index (χ1v) is 11.3. The Labute approximate surface area is 200 Å². The van der Waals surface area contributed by atoms with Crippen LogP contribution in [0.25, 0.3) is 0 Å². The van der Waals surface area contributed by atoms with E-state index < -0.39 is 0 Å². The lowest BCUT2D eigenvalue weighted by Crippen LogP contribution is -2.42. The topological polar surface area (TPSA) is 121 Å². The zero-order valence-corrected chi connectivity index (χ0v) is 20.8. The molecule has 0 saturated heterocycles. The van der Waals surface area contributed by atoms with Crippen LogP contribution >= 0.6 is 11.6 Å². The van der Waals surface area contributed by atoms with E-state index in [1.807, 2.05) is 39.0 Å². The number of aliphatic hydroxyl groups excluding tert-OH is 1. The quantitative estimate of drug-likeness (QED) is 0.612. The van der Waals surface area contributed by atoms with Crippen molar-refractivity contribution >= 4 is 35.1 Å². The summed E-state index contributed by atoms with van der Waals surface area (Å²) in [7, 11) is 1.61. The molecule has 0 radical (unpaired) electrons. The molecule has 1 aromatic carbocycles. The van der Waals surface area contributed by atoms with Gasteiger partial charge in [0.2, 0.25) is 5.91 Å². The zero-order chi connectivity index (χ0) is 25.1. The number of nitrogens with two attached hydrogens (primary N) is 1. The molecular formula is C24H34ClN5O3. The van der Waals surface area contributed by atoms with Crippen LogP contribution in [0.1, 0.15) is 68.7 Å². The molecule has 1 aliphatic heterocycles. The van der Waals surface area contributed by atoms with E-state index in [9.17, 15) is 9.59 Å². The average Bonchev–Trinajstić information content (AvgIpc) is 2.78. The van der Waals surface area contributed by atoms with E-state index in [-0.39, 0.29) is 42.0 Å². The summed E-state index contributed by atoms with van der Waals surface area (Å²) in [6.07, 6.45) is 2.27. The molecule has 0 fully saturated rings. The van der Waals surface area contributed by atoms with Gasteiger partial charge in [0.05, 0.1) is 17.5 Å². The highest BCUT2D eigenvalue weighted by Gasteiger charge is 2.27. The van der Waals surface area contributed by atoms with E-state index in [2.05, 4.69) is 15.3 Å². The second-order valence-electron chi connectivity index (χ2n) is 7.34. The van der Waals surface area contributed by atoms with E-state index in [1.54, 1.807) is 33.0 Å². The van der Waals surface area contributed by atoms with E-state index in [0.29, 0.717) is 10.7 Å². The Bertz CT molecular complexity index is 958. The number of aryl methyl sites for hydroxylation is 1. The van der Waals surface area contributed by atoms with Gasteiger partial charge in [-0.25, -0.2) is 9.98 Å². The summed E-state index contributed by atoms with van der Waals surface area (Å²) in [5, 5.41) is 11.3. The molecule has 2 aromatic rings. The van der Waals surface area contributed by atoms with Crippen LogP contribution in [0.15, 0.2) is 41.5 Å². The Morgan fingerprint density at radius 2 is 1.94 bits per heavy atom. The number of carbonyl (C=O) groups excluding carboxylic acids is 2. The van der Waals surface area contributed by atoms with E-state index in [1.165, 1.54) is 11.1 Å². The van der Waals surface area contributed by atoms with Gasteiger partial charge in [-0.05, 0) is 55.7 Å². The summed E-state index contributed by atoms with van der Waals surface area (Å²) in [6, 6.07) is 8.38. The number of nitrogens with zero attached hydrogens (tertiary/aromatic N) is 3. The number of halogens is 1. The number of aliphatic hydroxyl groups is 1. The van der Waals surface area contributed by atoms with Crippen LogP contribution in [-0.4, -0.2) is 45.9 Å². The van der Waals surface area contributed by atoms with Gasteiger partial charge in [0, 0.05) is 25.0 Å². The van der Waals surface area contributed by atoms with Crippen molar-refractivity contribution in [1.82, 2.24) is 9.88 Å². The van der Waals surface area contributed by atoms with Crippen molar-refractivity contribution in [3.05, 3.63) is 58.4 Å². The molecule has 4 N–H and O–H groups in total. The van der Waals surface area contributed by atoms with Crippen molar-refractivity contribution in [2.45, 2.75) is 59.6 Å². The molecule has 1 aliphatic rings. The van der Waals surface area contributed by atoms with Gasteiger partial charge in [-0.15, -0.1) is 0 Å². The minimum atomic E-state index is -0.367. The summed E-state index contributed by atoms with van der Waals surface area (Å²) in [5.74, 6) is -0.239. The maximum Gasteiger partial charge on any atom is 0.274 e. The SMILES string of the molecule is CC.CC(C)O.CCc1ccc(NC(=O)c2ccc(Cl)cn2)cc1C1CC(=O)N(C)C(N)=N1. The molecule has 0 spiro atoms. The maximum absolute atomic E-state index is 12.4. The van der Waals surface area contributed by atoms with Crippen LogP contribution in [0, 0.1) is 0 Å². The first-order chi connectivity index (χ1) is 15.6. The first-order valence-electron chi connectivity index (χ1n) is 11.0. The van der Waals surface area contributed by atoms with Crippen molar-refractivity contribution in [3.63, 3.8) is 0 Å². The minimum absolute atomic E-state index is 0.0886. The van der Waals surface area contributed by atoms with Crippen molar-refractivity contribution < 1.29 is 14.7 Å². The van der Waals surface area contributed by atoms with Gasteiger partial charge < -0.3 is 16.2 Å². The molecule has 0 saturated carbocycles. The molecule has 3 rings (SSSR count). The number of pyridine rings is 1. The fourth-order valence-electron chi connectivity index (χ4n) is 2.91. The number of guanidine groups is 1. The Kier molecular flexibility index (Phi) is 11.5. The van der Waals surface area contributed by atoms with Crippen LogP contribution in [0.2, 0.25) is 5.02 Å². The fourth-order valence-corrected chi connectivity index (χ4v) is 3.02. The molecule has 1 unspecified atom stereocenters. The molecule has 2 heterocycles. The molecule has 8 nitrogen and oxygen atoms in total. The fraction of sp³-hybridized carbons (Fsp3) is 0.417. The highest BCUT2D eigenvalue weighted by molar-refractivity contribution is 6.30. The van der Waals surface area contributed by atoms with Crippen LogP contribution in [0.3, 0.4) is 0 Å². The van der Waals surface area contributed by atoms with Crippen LogP contribution < -0.4 is 11.1 Å². The van der Waals surface area contributed by atoms with E-state index in [0.717, 1.165) is 17.5 Å². The smallest absolute Gasteiger partial charge is 0.274 e. The zero-order valence-electron chi connectivity index (χ0n) is 20.1. The van der Waals surface area contributed by atoms with Gasteiger partial charge in [0.15, 0.2) is 5.96 Å². The summed E-state index contributed by atoms with van der Waals surface area (Å²) in [4.78, 5) is 34.3. The predicted molar refractivity (Wildman–Crippen MR) is 133 cm³/mol. The lowest BCUT2D eigenvalue weighted by molar-refractivity contribution is -0.127. The minimum Gasteiger partial charge on any atom is -0.394 e. The molecule has 180 valence electrons. The molecule has 33 heavy (non-hydrogen) atoms. The maximum atomic E-state index is 12.4. The Balaban J connectivity index is 0.000000820. The van der Waals surface area contributed by atoms with Crippen LogP contribution in [0.4, 0.5) is 5.69 Å². The largest absolute Gasteiger partial charge is 0.394 e. The number of hydrogen-bond acceptors (Lipinski definition) is 6. The third-order valence-electron chi connectivity index (χ3n) is 4.48. The number of aliphatic imine (C=N–C) groups is 1. The molecule has 1 atom stereocenters. The number of rotatable bonds is 4. The van der Waals surface area contributed by atoms with Crippen LogP contribution in [-0.2, 0) is 11.2 Å². The number of aromatic nitrogens is 1. The molecule has 2 amide bonds.